The van der Waals surface area contributed by atoms with Crippen LogP contribution < -0.4 is 15.4 Å². The van der Waals surface area contributed by atoms with Crippen molar-refractivity contribution in [2.45, 2.75) is 12.5 Å². The molecule has 1 unspecified atom stereocenters. The molecular formula is C13H17ClN2O4S. The molecule has 2 rings (SSSR count). The molecule has 0 spiro atoms. The van der Waals surface area contributed by atoms with Crippen LogP contribution in [0.1, 0.15) is 6.42 Å². The maximum Gasteiger partial charge on any atom is 0.238 e. The average Bonchev–Trinajstić information content (AvgIpc) is 2.76. The Hall–Kier alpha value is -1.31. The Morgan fingerprint density at radius 1 is 1.48 bits per heavy atom. The van der Waals surface area contributed by atoms with Crippen molar-refractivity contribution in [3.05, 3.63) is 23.2 Å². The van der Waals surface area contributed by atoms with Gasteiger partial charge in [0.05, 0.1) is 30.2 Å². The molecule has 0 saturated carbocycles. The molecule has 8 heteroatoms. The summed E-state index contributed by atoms with van der Waals surface area (Å²) < 4.78 is 27.6. The van der Waals surface area contributed by atoms with E-state index in [-0.39, 0.29) is 30.0 Å². The fraction of sp³-hybridized carbons (Fsp3) is 0.462. The van der Waals surface area contributed by atoms with Crippen molar-refractivity contribution in [2.75, 3.05) is 30.5 Å². The number of carbonyl (C=O) groups is 1. The van der Waals surface area contributed by atoms with E-state index >= 15 is 0 Å². The van der Waals surface area contributed by atoms with Crippen molar-refractivity contribution in [1.29, 1.82) is 0 Å². The molecule has 0 radical (unpaired) electrons. The Labute approximate surface area is 128 Å². The van der Waals surface area contributed by atoms with Crippen LogP contribution in [0.5, 0.6) is 5.75 Å². The number of hydrogen-bond acceptors (Lipinski definition) is 5. The summed E-state index contributed by atoms with van der Waals surface area (Å²) in [6.07, 6.45) is 0.546. The quantitative estimate of drug-likeness (QED) is 0.842. The van der Waals surface area contributed by atoms with Gasteiger partial charge in [0.2, 0.25) is 5.91 Å². The van der Waals surface area contributed by atoms with Crippen molar-refractivity contribution in [1.82, 2.24) is 5.32 Å². The van der Waals surface area contributed by atoms with E-state index in [1.807, 2.05) is 0 Å². The zero-order chi connectivity index (χ0) is 15.5. The molecule has 1 saturated heterocycles. The van der Waals surface area contributed by atoms with Crippen LogP contribution in [0.25, 0.3) is 0 Å². The van der Waals surface area contributed by atoms with Gasteiger partial charge in [0.25, 0.3) is 0 Å². The maximum absolute atomic E-state index is 11.8. The van der Waals surface area contributed by atoms with Crippen LogP contribution in [0.2, 0.25) is 5.02 Å². The second-order valence-electron chi connectivity index (χ2n) is 4.88. The van der Waals surface area contributed by atoms with Crippen LogP contribution in [0.15, 0.2) is 18.2 Å². The topological polar surface area (TPSA) is 84.5 Å². The summed E-state index contributed by atoms with van der Waals surface area (Å²) in [7, 11) is -1.43. The summed E-state index contributed by atoms with van der Waals surface area (Å²) >= 11 is 5.97. The number of anilines is 1. The first-order chi connectivity index (χ1) is 9.89. The largest absolute Gasteiger partial charge is 0.495 e. The second kappa shape index (κ2) is 6.64. The lowest BCUT2D eigenvalue weighted by atomic mass is 10.2. The summed E-state index contributed by atoms with van der Waals surface area (Å²) in [4.78, 5) is 11.8. The fourth-order valence-electron chi connectivity index (χ4n) is 2.14. The van der Waals surface area contributed by atoms with Crippen molar-refractivity contribution < 1.29 is 17.9 Å². The number of carbonyl (C=O) groups excluding carboxylic acids is 1. The normalized spacial score (nSPS) is 20.2. The minimum atomic E-state index is -2.94. The van der Waals surface area contributed by atoms with Crippen LogP contribution >= 0.6 is 11.6 Å². The van der Waals surface area contributed by atoms with E-state index in [1.165, 1.54) is 7.11 Å². The van der Waals surface area contributed by atoms with Crippen LogP contribution in [-0.2, 0) is 14.6 Å². The van der Waals surface area contributed by atoms with Gasteiger partial charge in [-0.15, -0.1) is 0 Å². The zero-order valence-corrected chi connectivity index (χ0v) is 13.1. The van der Waals surface area contributed by atoms with Gasteiger partial charge < -0.3 is 15.4 Å². The molecule has 0 aromatic heterocycles. The number of amides is 1. The van der Waals surface area contributed by atoms with Crippen molar-refractivity contribution in [2.24, 2.45) is 0 Å². The molecule has 0 aliphatic carbocycles. The van der Waals surface area contributed by atoms with Crippen molar-refractivity contribution >= 4 is 33.0 Å². The Balaban J connectivity index is 1.83. The maximum atomic E-state index is 11.8. The van der Waals surface area contributed by atoms with E-state index < -0.39 is 9.84 Å². The van der Waals surface area contributed by atoms with Crippen LogP contribution in [0, 0.1) is 0 Å². The summed E-state index contributed by atoms with van der Waals surface area (Å²) in [5.74, 6) is 0.555. The molecule has 116 valence electrons. The highest BCUT2D eigenvalue weighted by molar-refractivity contribution is 7.91. The van der Waals surface area contributed by atoms with Gasteiger partial charge in [-0.3, -0.25) is 4.79 Å². The smallest absolute Gasteiger partial charge is 0.238 e. The van der Waals surface area contributed by atoms with E-state index in [4.69, 9.17) is 16.3 Å². The predicted octanol–water partition coefficient (Wildman–Crippen LogP) is 1.06. The highest BCUT2D eigenvalue weighted by atomic mass is 35.5. The van der Waals surface area contributed by atoms with E-state index in [1.54, 1.807) is 18.2 Å². The lowest BCUT2D eigenvalue weighted by Crippen LogP contribution is -2.36. The van der Waals surface area contributed by atoms with Gasteiger partial charge in [0.1, 0.15) is 5.75 Å². The lowest BCUT2D eigenvalue weighted by Gasteiger charge is -2.11. The third-order valence-corrected chi connectivity index (χ3v) is 5.28. The molecule has 6 nitrogen and oxygen atoms in total. The van der Waals surface area contributed by atoms with E-state index in [9.17, 15) is 13.2 Å². The Kier molecular flexibility index (Phi) is 5.08. The lowest BCUT2D eigenvalue weighted by molar-refractivity contribution is -0.115. The van der Waals surface area contributed by atoms with Gasteiger partial charge in [-0.1, -0.05) is 11.6 Å². The molecule has 21 heavy (non-hydrogen) atoms. The average molecular weight is 333 g/mol. The number of methoxy groups -OCH3 is 1. The zero-order valence-electron chi connectivity index (χ0n) is 11.6. The summed E-state index contributed by atoms with van der Waals surface area (Å²) in [5, 5.41) is 6.04. The number of ether oxygens (including phenoxy) is 1. The van der Waals surface area contributed by atoms with E-state index in [2.05, 4.69) is 10.6 Å². The molecule has 1 aliphatic rings. The Morgan fingerprint density at radius 3 is 2.81 bits per heavy atom. The van der Waals surface area contributed by atoms with E-state index in [0.717, 1.165) is 0 Å². The molecule has 1 aromatic rings. The van der Waals surface area contributed by atoms with Crippen LogP contribution in [0.4, 0.5) is 5.69 Å². The monoisotopic (exact) mass is 332 g/mol. The second-order valence-corrected chi connectivity index (χ2v) is 7.51. The molecule has 1 fully saturated rings. The van der Waals surface area contributed by atoms with Gasteiger partial charge in [0.15, 0.2) is 9.84 Å². The molecule has 0 bridgehead atoms. The number of nitrogens with one attached hydrogen (secondary N) is 2. The third kappa shape index (κ3) is 4.59. The molecule has 2 N–H and O–H groups in total. The first kappa shape index (κ1) is 16.1. The van der Waals surface area contributed by atoms with E-state index in [0.29, 0.717) is 22.9 Å². The third-order valence-electron chi connectivity index (χ3n) is 3.22. The highest BCUT2D eigenvalue weighted by Gasteiger charge is 2.27. The summed E-state index contributed by atoms with van der Waals surface area (Å²) in [5.41, 5.74) is 0.562. The van der Waals surface area contributed by atoms with Gasteiger partial charge in [-0.25, -0.2) is 8.42 Å². The first-order valence-electron chi connectivity index (χ1n) is 6.47. The highest BCUT2D eigenvalue weighted by Crippen LogP contribution is 2.27. The van der Waals surface area contributed by atoms with Gasteiger partial charge in [-0.2, -0.15) is 0 Å². The standard InChI is InChI=1S/C13H17ClN2O4S/c1-20-12-3-2-9(6-11(12)14)16-13(17)7-15-10-4-5-21(18,19)8-10/h2-3,6,10,15H,4-5,7-8H2,1H3,(H,16,17). The first-order valence-corrected chi connectivity index (χ1v) is 8.67. The SMILES string of the molecule is COc1ccc(NC(=O)CNC2CCS(=O)(=O)C2)cc1Cl. The van der Waals surface area contributed by atoms with Crippen LogP contribution in [0.3, 0.4) is 0 Å². The number of hydrogen-bond donors (Lipinski definition) is 2. The Morgan fingerprint density at radius 2 is 2.24 bits per heavy atom. The predicted molar refractivity (Wildman–Crippen MR) is 81.7 cm³/mol. The molecule has 1 aromatic carbocycles. The minimum Gasteiger partial charge on any atom is -0.495 e. The molecule has 1 amide bonds. The van der Waals surface area contributed by atoms with Gasteiger partial charge in [0, 0.05) is 11.7 Å². The van der Waals surface area contributed by atoms with Gasteiger partial charge in [-0.05, 0) is 24.6 Å². The summed E-state index contributed by atoms with van der Waals surface area (Å²) in [6.45, 7) is 0.0594. The van der Waals surface area contributed by atoms with Gasteiger partial charge >= 0.3 is 0 Å². The number of sulfone groups is 1. The molecule has 1 atom stereocenters. The number of rotatable bonds is 5. The number of halogens is 1. The molecular weight excluding hydrogens is 316 g/mol. The Bertz CT molecular complexity index is 633. The fourth-order valence-corrected chi connectivity index (χ4v) is 4.11. The molecule has 1 aliphatic heterocycles. The molecule has 1 heterocycles. The number of benzene rings is 1. The summed E-state index contributed by atoms with van der Waals surface area (Å²) in [6, 6.07) is 4.79. The van der Waals surface area contributed by atoms with Crippen molar-refractivity contribution in [3.63, 3.8) is 0 Å². The minimum absolute atomic E-state index is 0.0594. The van der Waals surface area contributed by atoms with Crippen LogP contribution in [-0.4, -0.2) is 45.5 Å². The van der Waals surface area contributed by atoms with Crippen molar-refractivity contribution in [3.8, 4) is 5.75 Å².